The van der Waals surface area contributed by atoms with Gasteiger partial charge in [-0.1, -0.05) is 58.6 Å². The standard InChI is InChI=1S/C19H22IN7O2S2/c1-11-14(9-31-19-23-24-25-26(19)10-20)8-30-18-16(17(29)27(11)18)22-15(28)6-12-4-2-3-5-13(12)7-21/h2-5,16,18H,6-10,21H2,1H3,(H,22,28). The molecule has 164 valence electrons. The lowest BCUT2D eigenvalue weighted by atomic mass is 10.0. The van der Waals surface area contributed by atoms with E-state index in [-0.39, 0.29) is 23.6 Å². The van der Waals surface area contributed by atoms with Gasteiger partial charge in [0.15, 0.2) is 0 Å². The Balaban J connectivity index is 1.36. The maximum atomic E-state index is 12.8. The Bertz CT molecular complexity index is 1030. The number of amides is 2. The number of nitrogens with zero attached hydrogens (tertiary/aromatic N) is 5. The number of aromatic nitrogens is 4. The average Bonchev–Trinajstić information content (AvgIpc) is 3.24. The SMILES string of the molecule is CC1=C(CSc2nnnn2CI)CSC2C(NC(=O)Cc3ccccc3CN)C(=O)N12. The minimum absolute atomic E-state index is 0.0604. The molecule has 2 amide bonds. The van der Waals surface area contributed by atoms with Gasteiger partial charge in [-0.2, -0.15) is 0 Å². The number of carbonyl (C=O) groups is 2. The molecule has 2 aliphatic rings. The molecular formula is C19H22IN7O2S2. The summed E-state index contributed by atoms with van der Waals surface area (Å²) in [5.41, 5.74) is 9.75. The summed E-state index contributed by atoms with van der Waals surface area (Å²) in [7, 11) is 0. The summed E-state index contributed by atoms with van der Waals surface area (Å²) >= 11 is 5.46. The van der Waals surface area contributed by atoms with Crippen LogP contribution in [0, 0.1) is 0 Å². The van der Waals surface area contributed by atoms with Gasteiger partial charge < -0.3 is 11.1 Å². The molecule has 2 unspecified atom stereocenters. The van der Waals surface area contributed by atoms with E-state index in [4.69, 9.17) is 5.73 Å². The van der Waals surface area contributed by atoms with Crippen molar-refractivity contribution in [1.82, 2.24) is 30.4 Å². The molecule has 0 bridgehead atoms. The van der Waals surface area contributed by atoms with Crippen molar-refractivity contribution in [2.24, 2.45) is 5.73 Å². The van der Waals surface area contributed by atoms with Crippen molar-refractivity contribution in [2.45, 2.75) is 41.0 Å². The lowest BCUT2D eigenvalue weighted by Crippen LogP contribution is -2.69. The van der Waals surface area contributed by atoms with Crippen molar-refractivity contribution < 1.29 is 9.59 Å². The zero-order valence-corrected chi connectivity index (χ0v) is 20.6. The Kier molecular flexibility index (Phi) is 7.19. The molecule has 1 fully saturated rings. The summed E-state index contributed by atoms with van der Waals surface area (Å²) in [5.74, 6) is 1.31. The zero-order valence-electron chi connectivity index (χ0n) is 16.8. The lowest BCUT2D eigenvalue weighted by molar-refractivity contribution is -0.145. The molecule has 1 aromatic carbocycles. The van der Waals surface area contributed by atoms with Crippen LogP contribution >= 0.6 is 46.1 Å². The number of nitrogens with one attached hydrogen (secondary N) is 1. The van der Waals surface area contributed by atoms with E-state index < -0.39 is 6.04 Å². The smallest absolute Gasteiger partial charge is 0.253 e. The minimum atomic E-state index is -0.488. The van der Waals surface area contributed by atoms with Crippen molar-refractivity contribution in [1.29, 1.82) is 0 Å². The first-order valence-corrected chi connectivity index (χ1v) is 13.2. The number of halogens is 1. The predicted octanol–water partition coefficient (Wildman–Crippen LogP) is 1.53. The number of alkyl halides is 1. The Hall–Kier alpha value is -1.64. The van der Waals surface area contributed by atoms with Crippen molar-refractivity contribution in [3.63, 3.8) is 0 Å². The molecule has 31 heavy (non-hydrogen) atoms. The Labute approximate surface area is 202 Å². The summed E-state index contributed by atoms with van der Waals surface area (Å²) in [5, 5.41) is 15.3. The third-order valence-corrected chi connectivity index (χ3v) is 8.37. The Morgan fingerprint density at radius 2 is 2.16 bits per heavy atom. The van der Waals surface area contributed by atoms with E-state index in [1.165, 1.54) is 5.57 Å². The van der Waals surface area contributed by atoms with E-state index in [1.807, 2.05) is 31.2 Å². The normalized spacial score (nSPS) is 20.5. The van der Waals surface area contributed by atoms with Crippen LogP contribution < -0.4 is 11.1 Å². The molecule has 0 aliphatic carbocycles. The van der Waals surface area contributed by atoms with Crippen LogP contribution in [0.2, 0.25) is 0 Å². The van der Waals surface area contributed by atoms with Gasteiger partial charge in [0, 0.05) is 23.7 Å². The van der Waals surface area contributed by atoms with E-state index >= 15 is 0 Å². The second kappa shape index (κ2) is 9.88. The highest BCUT2D eigenvalue weighted by Gasteiger charge is 2.51. The molecular weight excluding hydrogens is 549 g/mol. The first-order chi connectivity index (χ1) is 15.0. The van der Waals surface area contributed by atoms with Crippen LogP contribution in [-0.2, 0) is 27.1 Å². The number of thioether (sulfide) groups is 2. The quantitative estimate of drug-likeness (QED) is 0.212. The predicted molar refractivity (Wildman–Crippen MR) is 128 cm³/mol. The second-order valence-corrected chi connectivity index (χ2v) is 9.89. The summed E-state index contributed by atoms with van der Waals surface area (Å²) in [6, 6.07) is 7.13. The molecule has 0 saturated carbocycles. The molecule has 3 N–H and O–H groups in total. The van der Waals surface area contributed by atoms with Crippen LogP contribution in [-0.4, -0.2) is 59.8 Å². The summed E-state index contributed by atoms with van der Waals surface area (Å²) < 4.78 is 2.42. The highest BCUT2D eigenvalue weighted by atomic mass is 127. The van der Waals surface area contributed by atoms with Crippen molar-refractivity contribution in [2.75, 3.05) is 11.5 Å². The van der Waals surface area contributed by atoms with Crippen molar-refractivity contribution >= 4 is 57.9 Å². The van der Waals surface area contributed by atoms with Crippen LogP contribution in [0.25, 0.3) is 0 Å². The van der Waals surface area contributed by atoms with Crippen LogP contribution in [0.15, 0.2) is 40.7 Å². The third-order valence-electron chi connectivity index (χ3n) is 5.34. The number of benzene rings is 1. The first-order valence-electron chi connectivity index (χ1n) is 9.68. The van der Waals surface area contributed by atoms with Crippen LogP contribution in [0.5, 0.6) is 0 Å². The number of allylic oxidation sites excluding steroid dienone is 1. The first kappa shape index (κ1) is 22.6. The van der Waals surface area contributed by atoms with Crippen molar-refractivity contribution in [3.8, 4) is 0 Å². The van der Waals surface area contributed by atoms with Gasteiger partial charge in [-0.3, -0.25) is 14.5 Å². The highest BCUT2D eigenvalue weighted by molar-refractivity contribution is 14.1. The van der Waals surface area contributed by atoms with E-state index in [9.17, 15) is 9.59 Å². The number of fused-ring (bicyclic) bond motifs is 1. The lowest BCUT2D eigenvalue weighted by Gasteiger charge is -2.50. The van der Waals surface area contributed by atoms with E-state index in [1.54, 1.807) is 33.1 Å². The summed E-state index contributed by atoms with van der Waals surface area (Å²) in [6.45, 7) is 2.35. The van der Waals surface area contributed by atoms with Crippen LogP contribution in [0.3, 0.4) is 0 Å². The molecule has 2 atom stereocenters. The molecule has 1 aromatic heterocycles. The van der Waals surface area contributed by atoms with Gasteiger partial charge in [-0.05, 0) is 34.1 Å². The van der Waals surface area contributed by atoms with Gasteiger partial charge >= 0.3 is 0 Å². The number of rotatable bonds is 8. The van der Waals surface area contributed by atoms with Gasteiger partial charge in [0.25, 0.3) is 5.91 Å². The van der Waals surface area contributed by atoms with Crippen molar-refractivity contribution in [3.05, 3.63) is 46.7 Å². The average molecular weight is 571 g/mol. The maximum absolute atomic E-state index is 12.8. The number of tetrazole rings is 1. The fraction of sp³-hybridized carbons (Fsp3) is 0.421. The van der Waals surface area contributed by atoms with Gasteiger partial charge in [0.1, 0.15) is 11.4 Å². The van der Waals surface area contributed by atoms with Crippen LogP contribution in [0.1, 0.15) is 18.1 Å². The van der Waals surface area contributed by atoms with Gasteiger partial charge in [0.2, 0.25) is 11.1 Å². The maximum Gasteiger partial charge on any atom is 0.253 e. The second-order valence-electron chi connectivity index (χ2n) is 7.16. The Morgan fingerprint density at radius 1 is 1.39 bits per heavy atom. The number of hydrogen-bond donors (Lipinski definition) is 2. The highest BCUT2D eigenvalue weighted by Crippen LogP contribution is 2.41. The molecule has 9 nitrogen and oxygen atoms in total. The van der Waals surface area contributed by atoms with Gasteiger partial charge in [0.05, 0.1) is 11.0 Å². The third kappa shape index (κ3) is 4.61. The van der Waals surface area contributed by atoms with E-state index in [0.29, 0.717) is 11.1 Å². The largest absolute Gasteiger partial charge is 0.341 e. The summed E-state index contributed by atoms with van der Waals surface area (Å²) in [4.78, 5) is 27.2. The topological polar surface area (TPSA) is 119 Å². The minimum Gasteiger partial charge on any atom is -0.341 e. The van der Waals surface area contributed by atoms with Gasteiger partial charge in [-0.15, -0.1) is 16.9 Å². The Morgan fingerprint density at radius 3 is 2.90 bits per heavy atom. The van der Waals surface area contributed by atoms with E-state index in [0.717, 1.165) is 33.5 Å². The fourth-order valence-corrected chi connectivity index (χ4v) is 6.83. The fourth-order valence-electron chi connectivity index (χ4n) is 3.58. The molecule has 1 saturated heterocycles. The molecule has 3 heterocycles. The summed E-state index contributed by atoms with van der Waals surface area (Å²) in [6.07, 6.45) is 0.219. The number of carbonyl (C=O) groups excluding carboxylic acids is 2. The number of β-lactam (4-membered cyclic amide) rings is 1. The molecule has 4 rings (SSSR count). The molecule has 0 spiro atoms. The molecule has 2 aliphatic heterocycles. The number of nitrogens with two attached hydrogens (primary N) is 1. The molecule has 12 heteroatoms. The molecule has 2 aromatic rings. The molecule has 0 radical (unpaired) electrons. The van der Waals surface area contributed by atoms with Gasteiger partial charge in [-0.25, -0.2) is 4.68 Å². The number of hydrogen-bond acceptors (Lipinski definition) is 8. The monoisotopic (exact) mass is 571 g/mol. The zero-order chi connectivity index (χ0) is 22.0. The van der Waals surface area contributed by atoms with Crippen LogP contribution in [0.4, 0.5) is 0 Å². The van der Waals surface area contributed by atoms with E-state index in [2.05, 4.69) is 43.4 Å².